The van der Waals surface area contributed by atoms with Gasteiger partial charge in [-0.1, -0.05) is 0 Å². The minimum Gasteiger partial charge on any atom is -0.466 e. The molecule has 1 fully saturated rings. The fourth-order valence-electron chi connectivity index (χ4n) is 1.39. The van der Waals surface area contributed by atoms with E-state index in [0.29, 0.717) is 0 Å². The van der Waals surface area contributed by atoms with Crippen molar-refractivity contribution in [1.82, 2.24) is 0 Å². The Morgan fingerprint density at radius 3 is 2.56 bits per heavy atom. The molecule has 4 nitrogen and oxygen atoms in total. The van der Waals surface area contributed by atoms with E-state index < -0.39 is 30.5 Å². The van der Waals surface area contributed by atoms with Gasteiger partial charge in [0.15, 0.2) is 0 Å². The average molecular weight is 242 g/mol. The minimum atomic E-state index is -4.76. The summed E-state index contributed by atoms with van der Waals surface area (Å²) in [5.41, 5.74) is 0. The van der Waals surface area contributed by atoms with Gasteiger partial charge in [0.2, 0.25) is 0 Å². The second-order valence-corrected chi connectivity index (χ2v) is 3.47. The Morgan fingerprint density at radius 1 is 1.56 bits per heavy atom. The highest BCUT2D eigenvalue weighted by atomic mass is 19.4. The predicted octanol–water partition coefficient (Wildman–Crippen LogP) is 1.63. The van der Waals surface area contributed by atoms with E-state index in [1.807, 2.05) is 0 Å². The Balaban J connectivity index is 2.77. The fraction of sp³-hybridized carbons (Fsp3) is 0.889. The van der Waals surface area contributed by atoms with Crippen molar-refractivity contribution < 1.29 is 32.2 Å². The molecule has 0 aromatic heterocycles. The van der Waals surface area contributed by atoms with Gasteiger partial charge in [0.05, 0.1) is 19.3 Å². The zero-order chi connectivity index (χ0) is 12.4. The van der Waals surface area contributed by atoms with Crippen LogP contribution >= 0.6 is 0 Å². The number of ether oxygens (including phenoxy) is 3. The van der Waals surface area contributed by atoms with Gasteiger partial charge in [-0.05, 0) is 13.8 Å². The lowest BCUT2D eigenvalue weighted by Crippen LogP contribution is -2.48. The van der Waals surface area contributed by atoms with E-state index in [2.05, 4.69) is 14.2 Å². The van der Waals surface area contributed by atoms with Crippen LogP contribution in [0.2, 0.25) is 0 Å². The monoisotopic (exact) mass is 242 g/mol. The highest BCUT2D eigenvalue weighted by Gasteiger charge is 2.62. The molecule has 0 aromatic rings. The summed E-state index contributed by atoms with van der Waals surface area (Å²) in [6.45, 7) is 2.77. The van der Waals surface area contributed by atoms with Gasteiger partial charge < -0.3 is 14.2 Å². The molecule has 1 saturated heterocycles. The second-order valence-electron chi connectivity index (χ2n) is 3.47. The largest absolute Gasteiger partial charge is 0.466 e. The van der Waals surface area contributed by atoms with Crippen LogP contribution in [0.1, 0.15) is 20.3 Å². The normalized spacial score (nSPS) is 30.4. The summed E-state index contributed by atoms with van der Waals surface area (Å²) >= 11 is 0. The molecule has 16 heavy (non-hydrogen) atoms. The Kier molecular flexibility index (Phi) is 3.80. The standard InChI is InChI=1S/C9H13F3O4/c1-3-14-7(13)4-8(9(10,11)12)15-5-6(2)16-8/h6H,3-5H2,1-2H3. The summed E-state index contributed by atoms with van der Waals surface area (Å²) in [5.74, 6) is -3.84. The predicted molar refractivity (Wildman–Crippen MR) is 46.5 cm³/mol. The Morgan fingerprint density at radius 2 is 2.19 bits per heavy atom. The second kappa shape index (κ2) is 4.58. The van der Waals surface area contributed by atoms with E-state index in [4.69, 9.17) is 0 Å². The van der Waals surface area contributed by atoms with Gasteiger partial charge in [0.1, 0.15) is 6.42 Å². The zero-order valence-corrected chi connectivity index (χ0v) is 8.97. The summed E-state index contributed by atoms with van der Waals surface area (Å²) in [5, 5.41) is 0. The maximum atomic E-state index is 12.7. The van der Waals surface area contributed by atoms with Gasteiger partial charge in [-0.15, -0.1) is 0 Å². The first-order valence-corrected chi connectivity index (χ1v) is 4.85. The lowest BCUT2D eigenvalue weighted by Gasteiger charge is -2.28. The van der Waals surface area contributed by atoms with Crippen LogP contribution in [0.5, 0.6) is 0 Å². The van der Waals surface area contributed by atoms with Gasteiger partial charge >= 0.3 is 12.1 Å². The first-order valence-electron chi connectivity index (χ1n) is 4.85. The van der Waals surface area contributed by atoms with Gasteiger partial charge in [-0.25, -0.2) is 0 Å². The number of carbonyl (C=O) groups is 1. The zero-order valence-electron chi connectivity index (χ0n) is 8.97. The molecule has 1 rings (SSSR count). The third-order valence-corrected chi connectivity index (χ3v) is 2.06. The Labute approximate surface area is 90.7 Å². The van der Waals surface area contributed by atoms with Gasteiger partial charge in [-0.3, -0.25) is 4.79 Å². The van der Waals surface area contributed by atoms with E-state index in [0.717, 1.165) is 0 Å². The maximum Gasteiger partial charge on any atom is 0.443 e. The van der Waals surface area contributed by atoms with Crippen LogP contribution in [-0.4, -0.2) is 37.3 Å². The van der Waals surface area contributed by atoms with Crippen LogP contribution in [0.4, 0.5) is 13.2 Å². The molecule has 1 aliphatic heterocycles. The Bertz CT molecular complexity index is 266. The molecule has 0 bridgehead atoms. The van der Waals surface area contributed by atoms with E-state index in [1.54, 1.807) is 0 Å². The van der Waals surface area contributed by atoms with Crippen LogP contribution in [0.3, 0.4) is 0 Å². The van der Waals surface area contributed by atoms with Crippen LogP contribution in [0.15, 0.2) is 0 Å². The molecule has 0 saturated carbocycles. The van der Waals surface area contributed by atoms with E-state index >= 15 is 0 Å². The number of halogens is 3. The van der Waals surface area contributed by atoms with Crippen LogP contribution in [0.25, 0.3) is 0 Å². The van der Waals surface area contributed by atoms with E-state index in [9.17, 15) is 18.0 Å². The van der Waals surface area contributed by atoms with Crippen LogP contribution in [0, 0.1) is 0 Å². The first kappa shape index (κ1) is 13.2. The van der Waals surface area contributed by atoms with Crippen molar-refractivity contribution in [3.05, 3.63) is 0 Å². The third kappa shape index (κ3) is 2.65. The molecule has 0 aromatic carbocycles. The van der Waals surface area contributed by atoms with Crippen LogP contribution in [-0.2, 0) is 19.0 Å². The van der Waals surface area contributed by atoms with Gasteiger partial charge in [0.25, 0.3) is 5.79 Å². The molecule has 1 aliphatic rings. The van der Waals surface area contributed by atoms with Crippen molar-refractivity contribution in [2.45, 2.75) is 38.3 Å². The molecule has 0 spiro atoms. The molecule has 0 N–H and O–H groups in total. The summed E-state index contributed by atoms with van der Waals surface area (Å²) in [4.78, 5) is 11.1. The van der Waals surface area contributed by atoms with Crippen molar-refractivity contribution in [2.24, 2.45) is 0 Å². The van der Waals surface area contributed by atoms with E-state index in [-0.39, 0.29) is 13.2 Å². The summed E-state index contributed by atoms with van der Waals surface area (Å²) in [7, 11) is 0. The number of hydrogen-bond donors (Lipinski definition) is 0. The Hall–Kier alpha value is -0.820. The smallest absolute Gasteiger partial charge is 0.443 e. The lowest BCUT2D eigenvalue weighted by molar-refractivity contribution is -0.347. The van der Waals surface area contributed by atoms with Crippen molar-refractivity contribution in [2.75, 3.05) is 13.2 Å². The van der Waals surface area contributed by atoms with Crippen molar-refractivity contribution in [1.29, 1.82) is 0 Å². The van der Waals surface area contributed by atoms with Gasteiger partial charge in [0, 0.05) is 0 Å². The highest BCUT2D eigenvalue weighted by molar-refractivity contribution is 5.70. The topological polar surface area (TPSA) is 44.8 Å². The number of alkyl halides is 3. The molecule has 2 unspecified atom stereocenters. The maximum absolute atomic E-state index is 12.7. The van der Waals surface area contributed by atoms with Crippen molar-refractivity contribution in [3.8, 4) is 0 Å². The molecule has 0 aliphatic carbocycles. The first-order chi connectivity index (χ1) is 7.31. The molecule has 7 heteroatoms. The summed E-state index contributed by atoms with van der Waals surface area (Å²) in [6.07, 6.45) is -6.44. The number of hydrogen-bond acceptors (Lipinski definition) is 4. The third-order valence-electron chi connectivity index (χ3n) is 2.06. The molecule has 94 valence electrons. The van der Waals surface area contributed by atoms with Crippen LogP contribution < -0.4 is 0 Å². The number of carbonyl (C=O) groups excluding carboxylic acids is 1. The van der Waals surface area contributed by atoms with Gasteiger partial charge in [-0.2, -0.15) is 13.2 Å². The van der Waals surface area contributed by atoms with E-state index in [1.165, 1.54) is 13.8 Å². The molecular weight excluding hydrogens is 229 g/mol. The number of rotatable bonds is 3. The van der Waals surface area contributed by atoms with Crippen molar-refractivity contribution in [3.63, 3.8) is 0 Å². The molecule has 1 heterocycles. The lowest BCUT2D eigenvalue weighted by atomic mass is 10.2. The SMILES string of the molecule is CCOC(=O)CC1(C(F)(F)F)OCC(C)O1. The minimum absolute atomic E-state index is 0.0162. The quantitative estimate of drug-likeness (QED) is 0.705. The molecule has 0 amide bonds. The summed E-state index contributed by atoms with van der Waals surface area (Å²) < 4.78 is 51.9. The molecule has 2 atom stereocenters. The van der Waals surface area contributed by atoms with Crippen molar-refractivity contribution >= 4 is 5.97 Å². The molecular formula is C9H13F3O4. The summed E-state index contributed by atoms with van der Waals surface area (Å²) in [6, 6.07) is 0. The fourth-order valence-corrected chi connectivity index (χ4v) is 1.39. The highest BCUT2D eigenvalue weighted by Crippen LogP contribution is 2.42. The average Bonchev–Trinajstić information content (AvgIpc) is 2.47. The number of esters is 1. The molecule has 0 radical (unpaired) electrons.